The normalized spacial score (nSPS) is 14.6. The second kappa shape index (κ2) is 6.31. The van der Waals surface area contributed by atoms with Gasteiger partial charge in [-0.25, -0.2) is 4.98 Å². The largest absolute Gasteiger partial charge is 0.477 e. The number of nitrogens with one attached hydrogen (secondary N) is 1. The number of hydrogen-bond donors (Lipinski definition) is 1. The van der Waals surface area contributed by atoms with Crippen molar-refractivity contribution in [1.82, 2.24) is 9.88 Å². The lowest BCUT2D eigenvalue weighted by Crippen LogP contribution is -2.15. The Kier molecular flexibility index (Phi) is 4.25. The van der Waals surface area contributed by atoms with Gasteiger partial charge in [-0.3, -0.25) is 0 Å². The van der Waals surface area contributed by atoms with E-state index in [0.717, 1.165) is 29.9 Å². The molecule has 1 aliphatic rings. The summed E-state index contributed by atoms with van der Waals surface area (Å²) in [7, 11) is 4.15. The molecule has 112 valence electrons. The predicted octanol–water partition coefficient (Wildman–Crippen LogP) is 3.14. The molecule has 1 aromatic heterocycles. The van der Waals surface area contributed by atoms with E-state index in [1.54, 1.807) is 0 Å². The van der Waals surface area contributed by atoms with E-state index in [2.05, 4.69) is 47.5 Å². The maximum atomic E-state index is 5.88. The molecule has 0 radical (unpaired) electrons. The first-order valence-electron chi connectivity index (χ1n) is 7.65. The fourth-order valence-corrected chi connectivity index (χ4v) is 2.36. The standard InChI is InChI=1S/C17H23N3O/c1-20(2)10-3-11-21-17-16-12-15(19-14-6-7-14)5-4-13(16)8-9-18-17/h4-5,8-9,12,14,19H,3,6-7,10-11H2,1-2H3. The third-order valence-electron chi connectivity index (χ3n) is 3.67. The van der Waals surface area contributed by atoms with Crippen molar-refractivity contribution in [2.75, 3.05) is 32.6 Å². The van der Waals surface area contributed by atoms with Crippen LogP contribution in [-0.2, 0) is 0 Å². The van der Waals surface area contributed by atoms with E-state index in [0.29, 0.717) is 12.6 Å². The molecule has 0 atom stereocenters. The van der Waals surface area contributed by atoms with Crippen molar-refractivity contribution >= 4 is 16.5 Å². The van der Waals surface area contributed by atoms with Crippen LogP contribution in [0.2, 0.25) is 0 Å². The molecule has 21 heavy (non-hydrogen) atoms. The summed E-state index contributed by atoms with van der Waals surface area (Å²) >= 11 is 0. The summed E-state index contributed by atoms with van der Waals surface area (Å²) in [5.74, 6) is 0.741. The molecule has 0 aliphatic heterocycles. The Morgan fingerprint density at radius 1 is 1.29 bits per heavy atom. The second-order valence-electron chi connectivity index (χ2n) is 5.98. The molecule has 1 fully saturated rings. The van der Waals surface area contributed by atoms with Gasteiger partial charge in [0.1, 0.15) is 0 Å². The van der Waals surface area contributed by atoms with Crippen LogP contribution in [0.3, 0.4) is 0 Å². The van der Waals surface area contributed by atoms with Crippen molar-refractivity contribution < 1.29 is 4.74 Å². The van der Waals surface area contributed by atoms with Gasteiger partial charge >= 0.3 is 0 Å². The topological polar surface area (TPSA) is 37.4 Å². The zero-order valence-electron chi connectivity index (χ0n) is 12.8. The molecule has 3 rings (SSSR count). The summed E-state index contributed by atoms with van der Waals surface area (Å²) in [6.45, 7) is 1.73. The van der Waals surface area contributed by atoms with E-state index in [1.807, 2.05) is 12.3 Å². The van der Waals surface area contributed by atoms with Crippen molar-refractivity contribution in [3.63, 3.8) is 0 Å². The van der Waals surface area contributed by atoms with Crippen molar-refractivity contribution in [3.8, 4) is 5.88 Å². The number of rotatable bonds is 7. The molecule has 0 saturated heterocycles. The van der Waals surface area contributed by atoms with E-state index in [1.165, 1.54) is 18.2 Å². The minimum absolute atomic E-state index is 0.656. The van der Waals surface area contributed by atoms with Crippen molar-refractivity contribution in [2.45, 2.75) is 25.3 Å². The molecule has 2 aromatic rings. The number of benzene rings is 1. The van der Waals surface area contributed by atoms with Gasteiger partial charge in [-0.05, 0) is 56.9 Å². The Morgan fingerprint density at radius 3 is 2.90 bits per heavy atom. The number of pyridine rings is 1. The van der Waals surface area contributed by atoms with Crippen LogP contribution in [0, 0.1) is 0 Å². The van der Waals surface area contributed by atoms with Gasteiger partial charge in [-0.1, -0.05) is 6.07 Å². The lowest BCUT2D eigenvalue weighted by Gasteiger charge is -2.12. The Bertz CT molecular complexity index is 608. The number of anilines is 1. The third-order valence-corrected chi connectivity index (χ3v) is 3.67. The summed E-state index contributed by atoms with van der Waals surface area (Å²) in [5, 5.41) is 5.79. The molecule has 4 heteroatoms. The SMILES string of the molecule is CN(C)CCCOc1nccc2ccc(NC3CC3)cc12. The van der Waals surface area contributed by atoms with Crippen LogP contribution >= 0.6 is 0 Å². The van der Waals surface area contributed by atoms with Gasteiger partial charge in [0.25, 0.3) is 0 Å². The molecule has 0 unspecified atom stereocenters. The highest BCUT2D eigenvalue weighted by molar-refractivity contribution is 5.89. The van der Waals surface area contributed by atoms with Crippen molar-refractivity contribution in [3.05, 3.63) is 30.5 Å². The maximum Gasteiger partial charge on any atom is 0.221 e. The molecule has 1 saturated carbocycles. The summed E-state index contributed by atoms with van der Waals surface area (Å²) in [5.41, 5.74) is 1.16. The van der Waals surface area contributed by atoms with Crippen LogP contribution in [-0.4, -0.2) is 43.2 Å². The first-order chi connectivity index (χ1) is 10.2. The molecule has 1 heterocycles. The predicted molar refractivity (Wildman–Crippen MR) is 87.1 cm³/mol. The molecular weight excluding hydrogens is 262 g/mol. The van der Waals surface area contributed by atoms with Gasteiger partial charge in [0.2, 0.25) is 5.88 Å². The van der Waals surface area contributed by atoms with Crippen molar-refractivity contribution in [2.24, 2.45) is 0 Å². The molecule has 1 N–H and O–H groups in total. The minimum atomic E-state index is 0.656. The zero-order valence-corrected chi connectivity index (χ0v) is 12.8. The van der Waals surface area contributed by atoms with Gasteiger partial charge in [0.05, 0.1) is 6.61 Å². The Hall–Kier alpha value is -1.81. The molecular formula is C17H23N3O. The summed E-state index contributed by atoms with van der Waals surface area (Å²) < 4.78 is 5.88. The lowest BCUT2D eigenvalue weighted by molar-refractivity contribution is 0.276. The lowest BCUT2D eigenvalue weighted by atomic mass is 10.1. The van der Waals surface area contributed by atoms with E-state index in [4.69, 9.17) is 4.74 Å². The zero-order chi connectivity index (χ0) is 14.7. The van der Waals surface area contributed by atoms with Gasteiger partial charge in [0, 0.05) is 29.9 Å². The fourth-order valence-electron chi connectivity index (χ4n) is 2.36. The Labute approximate surface area is 126 Å². The summed E-state index contributed by atoms with van der Waals surface area (Å²) in [6.07, 6.45) is 5.38. The summed E-state index contributed by atoms with van der Waals surface area (Å²) in [6, 6.07) is 9.11. The molecule has 4 nitrogen and oxygen atoms in total. The smallest absolute Gasteiger partial charge is 0.221 e. The van der Waals surface area contributed by atoms with E-state index < -0.39 is 0 Å². The molecule has 0 bridgehead atoms. The van der Waals surface area contributed by atoms with Crippen LogP contribution in [0.5, 0.6) is 5.88 Å². The monoisotopic (exact) mass is 285 g/mol. The van der Waals surface area contributed by atoms with Gasteiger partial charge in [0.15, 0.2) is 0 Å². The molecule has 0 spiro atoms. The average molecular weight is 285 g/mol. The van der Waals surface area contributed by atoms with Crippen LogP contribution in [0.4, 0.5) is 5.69 Å². The Morgan fingerprint density at radius 2 is 2.14 bits per heavy atom. The number of aromatic nitrogens is 1. The first kappa shape index (κ1) is 14.1. The molecule has 0 amide bonds. The highest BCUT2D eigenvalue weighted by Gasteiger charge is 2.20. The van der Waals surface area contributed by atoms with E-state index >= 15 is 0 Å². The van der Waals surface area contributed by atoms with E-state index in [9.17, 15) is 0 Å². The molecule has 1 aliphatic carbocycles. The van der Waals surface area contributed by atoms with Gasteiger partial charge in [-0.2, -0.15) is 0 Å². The maximum absolute atomic E-state index is 5.88. The highest BCUT2D eigenvalue weighted by atomic mass is 16.5. The average Bonchev–Trinajstić information content (AvgIpc) is 3.27. The third kappa shape index (κ3) is 3.85. The van der Waals surface area contributed by atoms with Gasteiger partial charge < -0.3 is 15.0 Å². The van der Waals surface area contributed by atoms with E-state index in [-0.39, 0.29) is 0 Å². The first-order valence-corrected chi connectivity index (χ1v) is 7.65. The Balaban J connectivity index is 1.73. The van der Waals surface area contributed by atoms with Gasteiger partial charge in [-0.15, -0.1) is 0 Å². The fraction of sp³-hybridized carbons (Fsp3) is 0.471. The quantitative estimate of drug-likeness (QED) is 0.793. The summed E-state index contributed by atoms with van der Waals surface area (Å²) in [4.78, 5) is 6.56. The number of fused-ring (bicyclic) bond motifs is 1. The van der Waals surface area contributed by atoms with Crippen molar-refractivity contribution in [1.29, 1.82) is 0 Å². The second-order valence-corrected chi connectivity index (χ2v) is 5.98. The van der Waals surface area contributed by atoms with Crippen LogP contribution in [0.15, 0.2) is 30.5 Å². The van der Waals surface area contributed by atoms with Crippen LogP contribution in [0.25, 0.3) is 10.8 Å². The number of nitrogens with zero attached hydrogens (tertiary/aromatic N) is 2. The van der Waals surface area contributed by atoms with Crippen LogP contribution in [0.1, 0.15) is 19.3 Å². The number of ether oxygens (including phenoxy) is 1. The molecule has 1 aromatic carbocycles. The highest BCUT2D eigenvalue weighted by Crippen LogP contribution is 2.29. The number of hydrogen-bond acceptors (Lipinski definition) is 4. The minimum Gasteiger partial charge on any atom is -0.477 e. The van der Waals surface area contributed by atoms with Crippen LogP contribution < -0.4 is 10.1 Å².